The quantitative estimate of drug-likeness (QED) is 0.894. The molecule has 1 atom stereocenters. The van der Waals surface area contributed by atoms with E-state index in [2.05, 4.69) is 15.3 Å². The van der Waals surface area contributed by atoms with E-state index in [0.29, 0.717) is 11.3 Å². The molecule has 1 aromatic carbocycles. The summed E-state index contributed by atoms with van der Waals surface area (Å²) in [4.78, 5) is 7.71. The van der Waals surface area contributed by atoms with Gasteiger partial charge in [-0.05, 0) is 18.1 Å². The van der Waals surface area contributed by atoms with Gasteiger partial charge in [-0.15, -0.1) is 0 Å². The van der Waals surface area contributed by atoms with Gasteiger partial charge in [-0.2, -0.15) is 0 Å². The highest BCUT2D eigenvalue weighted by atomic mass is 32.2. The summed E-state index contributed by atoms with van der Waals surface area (Å²) in [7, 11) is -3.10. The molecule has 0 bridgehead atoms. The monoisotopic (exact) mass is 291 g/mol. The molecule has 1 unspecified atom stereocenters. The van der Waals surface area contributed by atoms with Gasteiger partial charge in [0.15, 0.2) is 9.84 Å². The highest BCUT2D eigenvalue weighted by molar-refractivity contribution is 7.91. The van der Waals surface area contributed by atoms with E-state index in [9.17, 15) is 8.42 Å². The number of sulfone groups is 1. The topological polar surface area (TPSA) is 74.8 Å². The molecule has 106 valence electrons. The average Bonchev–Trinajstić information content (AvgIpc) is 2.95. The van der Waals surface area contributed by atoms with Crippen molar-refractivity contribution in [2.75, 3.05) is 12.3 Å². The molecule has 0 aliphatic carbocycles. The molecule has 1 aliphatic rings. The Morgan fingerprint density at radius 1 is 1.35 bits per heavy atom. The molecule has 0 saturated carbocycles. The van der Waals surface area contributed by atoms with E-state index < -0.39 is 9.84 Å². The molecule has 5 nitrogen and oxygen atoms in total. The van der Waals surface area contributed by atoms with Gasteiger partial charge in [0, 0.05) is 31.4 Å². The number of benzene rings is 1. The number of H-pyrrole nitrogens is 1. The zero-order chi connectivity index (χ0) is 14.0. The summed E-state index contributed by atoms with van der Waals surface area (Å²) in [5, 5.41) is 3.43. The maximum Gasteiger partial charge on any atom is 0.178 e. The largest absolute Gasteiger partial charge is 0.349 e. The molecule has 0 fully saturated rings. The third-order valence-electron chi connectivity index (χ3n) is 3.61. The SMILES string of the molecule is O=S1(=O)CCC(NCCc2ncc[nH]2)c2ccccc21. The Morgan fingerprint density at radius 3 is 3.00 bits per heavy atom. The van der Waals surface area contributed by atoms with Gasteiger partial charge in [0.2, 0.25) is 0 Å². The standard InChI is InChI=1S/C14H17N3O2S/c18-20(19)10-6-12(11-3-1-2-4-13(11)20)15-7-5-14-16-8-9-17-14/h1-4,8-9,12,15H,5-7,10H2,(H,16,17). The lowest BCUT2D eigenvalue weighted by atomic mass is 10.0. The number of hydrogen-bond acceptors (Lipinski definition) is 4. The van der Waals surface area contributed by atoms with Crippen LogP contribution in [-0.2, 0) is 16.3 Å². The Morgan fingerprint density at radius 2 is 2.20 bits per heavy atom. The van der Waals surface area contributed by atoms with E-state index in [0.717, 1.165) is 24.4 Å². The molecule has 1 aliphatic heterocycles. The minimum absolute atomic E-state index is 0.102. The van der Waals surface area contributed by atoms with Gasteiger partial charge < -0.3 is 10.3 Å². The second-order valence-electron chi connectivity index (χ2n) is 4.94. The van der Waals surface area contributed by atoms with Crippen molar-refractivity contribution >= 4 is 9.84 Å². The zero-order valence-electron chi connectivity index (χ0n) is 11.0. The molecule has 2 N–H and O–H groups in total. The Balaban J connectivity index is 1.72. The zero-order valence-corrected chi connectivity index (χ0v) is 11.9. The molecule has 6 heteroatoms. The number of aromatic amines is 1. The van der Waals surface area contributed by atoms with Gasteiger partial charge in [-0.3, -0.25) is 0 Å². The molecule has 0 saturated heterocycles. The van der Waals surface area contributed by atoms with Crippen molar-refractivity contribution in [3.63, 3.8) is 0 Å². The van der Waals surface area contributed by atoms with Crippen molar-refractivity contribution in [3.8, 4) is 0 Å². The van der Waals surface area contributed by atoms with Gasteiger partial charge in [0.05, 0.1) is 10.6 Å². The molecule has 0 radical (unpaired) electrons. The van der Waals surface area contributed by atoms with Crippen LogP contribution in [0.25, 0.3) is 0 Å². The molecule has 1 aromatic heterocycles. The van der Waals surface area contributed by atoms with E-state index in [1.54, 1.807) is 24.5 Å². The Labute approximate surface area is 118 Å². The minimum Gasteiger partial charge on any atom is -0.349 e. The summed E-state index contributed by atoms with van der Waals surface area (Å²) >= 11 is 0. The summed E-state index contributed by atoms with van der Waals surface area (Å²) in [6.07, 6.45) is 4.96. The molecule has 20 heavy (non-hydrogen) atoms. The highest BCUT2D eigenvalue weighted by Gasteiger charge is 2.29. The normalized spacial score (nSPS) is 20.5. The van der Waals surface area contributed by atoms with Crippen LogP contribution in [0.4, 0.5) is 0 Å². The first kappa shape index (κ1) is 13.3. The van der Waals surface area contributed by atoms with Crippen LogP contribution in [0.15, 0.2) is 41.6 Å². The fourth-order valence-electron chi connectivity index (χ4n) is 2.60. The van der Waals surface area contributed by atoms with Crippen LogP contribution in [0.3, 0.4) is 0 Å². The number of fused-ring (bicyclic) bond motifs is 1. The average molecular weight is 291 g/mol. The fourth-order valence-corrected chi connectivity index (χ4v) is 4.22. The molecule has 2 heterocycles. The van der Waals surface area contributed by atoms with E-state index in [4.69, 9.17) is 0 Å². The van der Waals surface area contributed by atoms with Crippen molar-refractivity contribution in [3.05, 3.63) is 48.0 Å². The van der Waals surface area contributed by atoms with Gasteiger partial charge >= 0.3 is 0 Å². The maximum absolute atomic E-state index is 12.0. The Hall–Kier alpha value is -1.66. The highest BCUT2D eigenvalue weighted by Crippen LogP contribution is 2.31. The first-order chi connectivity index (χ1) is 9.67. The lowest BCUT2D eigenvalue weighted by molar-refractivity contribution is 0.492. The van der Waals surface area contributed by atoms with E-state index >= 15 is 0 Å². The van der Waals surface area contributed by atoms with Crippen LogP contribution in [-0.4, -0.2) is 30.7 Å². The third kappa shape index (κ3) is 2.62. The second-order valence-corrected chi connectivity index (χ2v) is 7.02. The van der Waals surface area contributed by atoms with Crippen LogP contribution < -0.4 is 5.32 Å². The first-order valence-electron chi connectivity index (χ1n) is 6.70. The van der Waals surface area contributed by atoms with E-state index in [1.165, 1.54) is 0 Å². The lowest BCUT2D eigenvalue weighted by Crippen LogP contribution is -2.31. The third-order valence-corrected chi connectivity index (χ3v) is 5.43. The van der Waals surface area contributed by atoms with Gasteiger partial charge in [-0.25, -0.2) is 13.4 Å². The first-order valence-corrected chi connectivity index (χ1v) is 8.35. The van der Waals surface area contributed by atoms with Crippen LogP contribution in [0.2, 0.25) is 0 Å². The molecular weight excluding hydrogens is 274 g/mol. The van der Waals surface area contributed by atoms with Crippen LogP contribution in [0.5, 0.6) is 0 Å². The Bertz CT molecular complexity index is 680. The predicted molar refractivity (Wildman–Crippen MR) is 76.1 cm³/mol. The minimum atomic E-state index is -3.10. The van der Waals surface area contributed by atoms with Gasteiger partial charge in [-0.1, -0.05) is 18.2 Å². The van der Waals surface area contributed by atoms with E-state index in [-0.39, 0.29) is 11.8 Å². The Kier molecular flexibility index (Phi) is 3.58. The molecule has 3 rings (SSSR count). The number of aromatic nitrogens is 2. The van der Waals surface area contributed by atoms with E-state index in [1.807, 2.05) is 12.1 Å². The maximum atomic E-state index is 12.0. The van der Waals surface area contributed by atoms with Crippen LogP contribution >= 0.6 is 0 Å². The second kappa shape index (κ2) is 5.38. The summed E-state index contributed by atoms with van der Waals surface area (Å²) in [5.74, 6) is 1.15. The van der Waals surface area contributed by atoms with Gasteiger partial charge in [0.1, 0.15) is 5.82 Å². The van der Waals surface area contributed by atoms with Crippen LogP contribution in [0, 0.1) is 0 Å². The van der Waals surface area contributed by atoms with Crippen molar-refractivity contribution in [2.24, 2.45) is 0 Å². The fraction of sp³-hybridized carbons (Fsp3) is 0.357. The van der Waals surface area contributed by atoms with Crippen molar-refractivity contribution in [2.45, 2.75) is 23.8 Å². The number of nitrogens with zero attached hydrogens (tertiary/aromatic N) is 1. The summed E-state index contributed by atoms with van der Waals surface area (Å²) < 4.78 is 24.1. The lowest BCUT2D eigenvalue weighted by Gasteiger charge is -2.26. The number of nitrogens with one attached hydrogen (secondary N) is 2. The van der Waals surface area contributed by atoms with Crippen LogP contribution in [0.1, 0.15) is 23.9 Å². The summed E-state index contributed by atoms with van der Waals surface area (Å²) in [5.41, 5.74) is 0.887. The van der Waals surface area contributed by atoms with Crippen molar-refractivity contribution < 1.29 is 8.42 Å². The number of hydrogen-bond donors (Lipinski definition) is 2. The molecule has 0 spiro atoms. The predicted octanol–water partition coefficient (Wildman–Crippen LogP) is 1.46. The smallest absolute Gasteiger partial charge is 0.178 e. The number of imidazole rings is 1. The van der Waals surface area contributed by atoms with Gasteiger partial charge in [0.25, 0.3) is 0 Å². The molecule has 0 amide bonds. The summed E-state index contributed by atoms with van der Waals surface area (Å²) in [6, 6.07) is 7.37. The molecular formula is C14H17N3O2S. The molecule has 2 aromatic rings. The number of rotatable bonds is 4. The summed E-state index contributed by atoms with van der Waals surface area (Å²) in [6.45, 7) is 0.770. The van der Waals surface area contributed by atoms with Crippen molar-refractivity contribution in [1.82, 2.24) is 15.3 Å². The van der Waals surface area contributed by atoms with Crippen molar-refractivity contribution in [1.29, 1.82) is 0 Å².